The SMILES string of the molecule is CSCC[C@H](NC(=O)C(CC(C)C)NC(=O)[C@H](Cc1cnc[nH]1)NC(=O)CNC(=O)[C@@H](NC(=O)C(C)NC(=O)[C@H](Cc1c[nH]c2ccccc12)NC(=O)/C(=C\CC(N)=O)NC(=O)COc1ccc(CNC(=O)CN2CCN(CC(=O)O)CCN(CC(=O)O)CCN(CC(=O)O)CC2)cc1)C(C)C)C(N)=O. The molecule has 11 amide bonds. The molecular formula is C68H98N18O18S. The van der Waals surface area contributed by atoms with Crippen LogP contribution in [0.15, 0.2) is 79.0 Å². The van der Waals surface area contributed by atoms with Crippen molar-refractivity contribution in [3.63, 3.8) is 0 Å². The molecule has 0 aliphatic carbocycles. The van der Waals surface area contributed by atoms with Gasteiger partial charge < -0.3 is 89.3 Å². The van der Waals surface area contributed by atoms with E-state index in [0.29, 0.717) is 33.5 Å². The first-order chi connectivity index (χ1) is 49.9. The third kappa shape index (κ3) is 31.2. The molecule has 1 aliphatic heterocycles. The van der Waals surface area contributed by atoms with Crippen molar-refractivity contribution in [3.05, 3.63) is 95.8 Å². The Hall–Kier alpha value is -10.5. The molecule has 1 aliphatic rings. The smallest absolute Gasteiger partial charge is 0.317 e. The number of carboxylic acids is 3. The van der Waals surface area contributed by atoms with Gasteiger partial charge in [0, 0.05) is 107 Å². The van der Waals surface area contributed by atoms with Crippen molar-refractivity contribution in [1.82, 2.24) is 82.4 Å². The number of nitrogens with two attached hydrogens (primary N) is 2. The van der Waals surface area contributed by atoms with Gasteiger partial charge in [-0.2, -0.15) is 11.8 Å². The number of hydrogen-bond acceptors (Lipinski definition) is 21. The number of aliphatic carboxylic acids is 3. The number of ether oxygens (including phenoxy) is 1. The van der Waals surface area contributed by atoms with Gasteiger partial charge in [-0.15, -0.1) is 0 Å². The number of H-pyrrole nitrogens is 2. The highest BCUT2D eigenvalue weighted by Gasteiger charge is 2.34. The lowest BCUT2D eigenvalue weighted by Gasteiger charge is -2.32. The van der Waals surface area contributed by atoms with Gasteiger partial charge in [-0.1, -0.05) is 58.0 Å². The minimum absolute atomic E-state index is 0.0512. The fourth-order valence-corrected chi connectivity index (χ4v) is 11.4. The summed E-state index contributed by atoms with van der Waals surface area (Å²) in [6.45, 7) is 7.56. The fourth-order valence-electron chi connectivity index (χ4n) is 11.0. The van der Waals surface area contributed by atoms with Gasteiger partial charge in [0.1, 0.15) is 47.7 Å². The van der Waals surface area contributed by atoms with E-state index in [4.69, 9.17) is 16.2 Å². The van der Waals surface area contributed by atoms with Gasteiger partial charge in [-0.3, -0.25) is 86.7 Å². The van der Waals surface area contributed by atoms with Gasteiger partial charge in [-0.25, -0.2) is 4.98 Å². The third-order valence-corrected chi connectivity index (χ3v) is 17.2. The summed E-state index contributed by atoms with van der Waals surface area (Å²) in [5.41, 5.74) is 12.8. The molecule has 574 valence electrons. The normalized spacial score (nSPS) is 15.4. The summed E-state index contributed by atoms with van der Waals surface area (Å²) >= 11 is 1.45. The second-order valence-corrected chi connectivity index (χ2v) is 26.9. The number of rotatable bonds is 41. The fraction of sp³-hybridized carbons (Fsp3) is 0.515. The van der Waals surface area contributed by atoms with Crippen LogP contribution in [0.5, 0.6) is 5.75 Å². The van der Waals surface area contributed by atoms with Crippen LogP contribution in [0.2, 0.25) is 0 Å². The summed E-state index contributed by atoms with van der Waals surface area (Å²) in [4.78, 5) is 200. The standard InChI is InChI=1S/C68H98N18O18S/c1-40(2)27-51(66(101)79-49(62(70)97)17-26-105-6)80-67(102)53(29-45-32-71-39-75-45)78-55(88)33-74-68(103)61(41(3)4)82-63(98)42(5)76-65(100)52(28-44-31-72-48-10-8-7-9-47(44)48)81-64(99)50(15-16-54(69)87)77-57(90)38-104-46-13-11-43(12-14-46)30-73-56(89)34-83-18-20-84(35-58(91)92)22-24-86(37-60(95)96)25-23-85(21-19-83)36-59(93)94/h7-15,31-32,39-42,49,51-53,61,72H,16-30,33-38H2,1-6H3,(H2,69,87)(H2,70,97)(H,71,75)(H,73,89)(H,74,103)(H,76,100)(H,77,90)(H,78,88)(H,79,101)(H,80,102)(H,81,99)(H,82,98)(H,91,92)(H,93,94)(H,95,96)/b50-15+/t42?,49-,51?,52-,53-,61-/m0/s1. The maximum Gasteiger partial charge on any atom is 0.317 e. The highest BCUT2D eigenvalue weighted by Crippen LogP contribution is 2.20. The maximum absolute atomic E-state index is 14.4. The molecule has 1 fully saturated rings. The Bertz CT molecular complexity index is 3630. The summed E-state index contributed by atoms with van der Waals surface area (Å²) in [5, 5.41) is 52.7. The minimum Gasteiger partial charge on any atom is -0.484 e. The number of hydrogen-bond donors (Lipinski definition) is 16. The molecule has 5 rings (SSSR count). The van der Waals surface area contributed by atoms with Crippen LogP contribution in [-0.4, -0.2) is 273 Å². The number of para-hydroxylation sites is 1. The maximum atomic E-state index is 14.4. The number of carbonyl (C=O) groups excluding carboxylic acids is 11. The van der Waals surface area contributed by atoms with Crippen LogP contribution in [0.25, 0.3) is 10.9 Å². The molecule has 37 heteroatoms. The molecule has 105 heavy (non-hydrogen) atoms. The zero-order chi connectivity index (χ0) is 77.3. The van der Waals surface area contributed by atoms with Crippen LogP contribution < -0.4 is 64.1 Å². The van der Waals surface area contributed by atoms with Crippen LogP contribution in [0.1, 0.15) is 70.7 Å². The van der Waals surface area contributed by atoms with Crippen LogP contribution in [0.3, 0.4) is 0 Å². The summed E-state index contributed by atoms with van der Waals surface area (Å²) < 4.78 is 5.71. The summed E-state index contributed by atoms with van der Waals surface area (Å²) in [6.07, 6.45) is 6.85. The highest BCUT2D eigenvalue weighted by atomic mass is 32.2. The van der Waals surface area contributed by atoms with Crippen LogP contribution in [0, 0.1) is 11.8 Å². The van der Waals surface area contributed by atoms with E-state index >= 15 is 0 Å². The van der Waals surface area contributed by atoms with Crippen molar-refractivity contribution in [2.75, 3.05) is 104 Å². The lowest BCUT2D eigenvalue weighted by molar-refractivity contribution is -0.140. The molecule has 2 unspecified atom stereocenters. The van der Waals surface area contributed by atoms with Gasteiger partial charge in [-0.05, 0) is 79.0 Å². The molecular weight excluding hydrogens is 1390 g/mol. The van der Waals surface area contributed by atoms with Crippen molar-refractivity contribution in [1.29, 1.82) is 0 Å². The topological polar surface area (TPSA) is 527 Å². The second kappa shape index (κ2) is 43.6. The Balaban J connectivity index is 1.20. The number of aromatic amines is 2. The predicted octanol–water partition coefficient (Wildman–Crippen LogP) is -3.29. The third-order valence-electron chi connectivity index (χ3n) is 16.6. The molecule has 3 heterocycles. The number of imidazole rings is 1. The average Bonchev–Trinajstić information content (AvgIpc) is 1.72. The average molecular weight is 1490 g/mol. The molecule has 36 nitrogen and oxygen atoms in total. The van der Waals surface area contributed by atoms with E-state index in [9.17, 15) is 82.4 Å². The van der Waals surface area contributed by atoms with Crippen LogP contribution >= 0.6 is 11.8 Å². The molecule has 0 bridgehead atoms. The van der Waals surface area contributed by atoms with Gasteiger partial charge >= 0.3 is 17.9 Å². The molecule has 1 saturated heterocycles. The first-order valence-corrected chi connectivity index (χ1v) is 35.5. The zero-order valence-electron chi connectivity index (χ0n) is 59.7. The van der Waals surface area contributed by atoms with Gasteiger partial charge in [0.15, 0.2) is 6.61 Å². The molecule has 2 aromatic carbocycles. The van der Waals surface area contributed by atoms with E-state index in [1.807, 2.05) is 20.1 Å². The van der Waals surface area contributed by atoms with Crippen LogP contribution in [0.4, 0.5) is 0 Å². The Morgan fingerprint density at radius 1 is 0.610 bits per heavy atom. The van der Waals surface area contributed by atoms with Crippen molar-refractivity contribution in [3.8, 4) is 5.75 Å². The molecule has 2 aromatic heterocycles. The van der Waals surface area contributed by atoms with E-state index in [1.165, 1.54) is 43.3 Å². The number of benzene rings is 2. The van der Waals surface area contributed by atoms with E-state index < -0.39 is 150 Å². The van der Waals surface area contributed by atoms with Crippen LogP contribution in [-0.2, 0) is 86.5 Å². The lowest BCUT2D eigenvalue weighted by Crippen LogP contribution is -2.59. The van der Waals surface area contributed by atoms with Crippen molar-refractivity contribution < 1.29 is 87.2 Å². The Morgan fingerprint density at radius 2 is 1.17 bits per heavy atom. The van der Waals surface area contributed by atoms with E-state index in [-0.39, 0.29) is 122 Å². The monoisotopic (exact) mass is 1490 g/mol. The number of primary amides is 2. The highest BCUT2D eigenvalue weighted by molar-refractivity contribution is 7.98. The zero-order valence-corrected chi connectivity index (χ0v) is 60.5. The van der Waals surface area contributed by atoms with Gasteiger partial charge in [0.2, 0.25) is 53.2 Å². The van der Waals surface area contributed by atoms with E-state index in [1.54, 1.807) is 76.0 Å². The Kier molecular flexibility index (Phi) is 35.3. The van der Waals surface area contributed by atoms with E-state index in [2.05, 4.69) is 62.8 Å². The molecule has 0 radical (unpaired) electrons. The molecule has 4 aromatic rings. The molecule has 0 saturated carbocycles. The predicted molar refractivity (Wildman–Crippen MR) is 384 cm³/mol. The first kappa shape index (κ1) is 85.1. The van der Waals surface area contributed by atoms with E-state index in [0.717, 1.165) is 6.08 Å². The quantitative estimate of drug-likeness (QED) is 0.0194. The Labute approximate surface area is 610 Å². The summed E-state index contributed by atoms with van der Waals surface area (Å²) in [5.74, 6) is -12.0. The second-order valence-electron chi connectivity index (χ2n) is 25.9. The molecule has 0 spiro atoms. The van der Waals surface area contributed by atoms with Crippen molar-refractivity contribution in [2.24, 2.45) is 23.3 Å². The summed E-state index contributed by atoms with van der Waals surface area (Å²) in [6, 6.07) is 5.74. The largest absolute Gasteiger partial charge is 0.484 e. The van der Waals surface area contributed by atoms with Gasteiger partial charge in [0.05, 0.1) is 39.1 Å². The number of nitrogens with one attached hydrogen (secondary N) is 11. The van der Waals surface area contributed by atoms with Crippen molar-refractivity contribution >= 4 is 106 Å². The number of carboxylic acid groups (broad SMARTS) is 3. The number of carbonyl (C=O) groups is 14. The number of fused-ring (bicyclic) bond motifs is 1. The summed E-state index contributed by atoms with van der Waals surface area (Å²) in [7, 11) is 0. The number of aromatic nitrogens is 3. The first-order valence-electron chi connectivity index (χ1n) is 34.1. The number of nitrogens with zero attached hydrogens (tertiary/aromatic N) is 5. The van der Waals surface area contributed by atoms with Gasteiger partial charge in [0.25, 0.3) is 11.8 Å². The number of thioether (sulfide) groups is 1. The molecule has 6 atom stereocenters. The number of amides is 11. The molecule has 18 N–H and O–H groups in total. The lowest BCUT2D eigenvalue weighted by atomic mass is 10.0. The van der Waals surface area contributed by atoms with Crippen molar-refractivity contribution in [2.45, 2.75) is 110 Å². The minimum atomic E-state index is -1.48. The Morgan fingerprint density at radius 3 is 1.71 bits per heavy atom.